The number of likely N-dealkylation sites (N-methyl/N-ethyl adjacent to an activating group) is 1. The largest absolute Gasteiger partial charge is 0.493 e. The van der Waals surface area contributed by atoms with Gasteiger partial charge in [0.25, 0.3) is 0 Å². The number of carboxylic acid groups (broad SMARTS) is 1. The Hall–Kier alpha value is -1.07. The van der Waals surface area contributed by atoms with E-state index in [1.807, 2.05) is 6.07 Å². The molecule has 0 aliphatic carbocycles. The Morgan fingerprint density at radius 2 is 2.35 bits per heavy atom. The molecule has 0 unspecified atom stereocenters. The highest BCUT2D eigenvalue weighted by Gasteiger charge is 2.18. The molecule has 0 bridgehead atoms. The van der Waals surface area contributed by atoms with Gasteiger partial charge < -0.3 is 9.84 Å². The average molecular weight is 300 g/mol. The third-order valence-corrected chi connectivity index (χ3v) is 3.13. The molecule has 1 aliphatic rings. The second-order valence-electron chi connectivity index (χ2n) is 4.22. The summed E-state index contributed by atoms with van der Waals surface area (Å²) < 4.78 is 6.61. The van der Waals surface area contributed by atoms with Gasteiger partial charge >= 0.3 is 5.97 Å². The second-order valence-corrected chi connectivity index (χ2v) is 5.13. The molecule has 5 heteroatoms. The molecule has 1 aromatic carbocycles. The number of hydrogen-bond donors (Lipinski definition) is 1. The molecule has 0 saturated carbocycles. The summed E-state index contributed by atoms with van der Waals surface area (Å²) in [5.74, 6) is 0.102. The third-order valence-electron chi connectivity index (χ3n) is 2.67. The minimum atomic E-state index is -0.819. The maximum absolute atomic E-state index is 10.6. The van der Waals surface area contributed by atoms with E-state index in [-0.39, 0.29) is 6.54 Å². The number of hydrogen-bond acceptors (Lipinski definition) is 3. The van der Waals surface area contributed by atoms with Gasteiger partial charge in [-0.15, -0.1) is 0 Å². The standard InChI is InChI=1S/C12H14BrNO3/c1-14(7-11(15)16)6-9-5-10(13)4-8-2-3-17-12(8)9/h4-5H,2-3,6-7H2,1H3,(H,15,16). The zero-order valence-electron chi connectivity index (χ0n) is 9.57. The SMILES string of the molecule is CN(CC(=O)O)Cc1cc(Br)cc2c1OCC2. The van der Waals surface area contributed by atoms with Crippen LogP contribution >= 0.6 is 15.9 Å². The number of carbonyl (C=O) groups is 1. The van der Waals surface area contributed by atoms with Crippen LogP contribution in [0.1, 0.15) is 11.1 Å². The molecule has 0 saturated heterocycles. The lowest BCUT2D eigenvalue weighted by Crippen LogP contribution is -2.25. The lowest BCUT2D eigenvalue weighted by Gasteiger charge is -2.16. The summed E-state index contributed by atoms with van der Waals surface area (Å²) in [6, 6.07) is 4.05. The molecule has 4 nitrogen and oxygen atoms in total. The van der Waals surface area contributed by atoms with Crippen molar-refractivity contribution in [2.75, 3.05) is 20.2 Å². The van der Waals surface area contributed by atoms with E-state index in [2.05, 4.69) is 22.0 Å². The molecule has 2 rings (SSSR count). The van der Waals surface area contributed by atoms with E-state index in [1.165, 1.54) is 5.56 Å². The molecule has 0 aromatic heterocycles. The molecular formula is C12H14BrNO3. The monoisotopic (exact) mass is 299 g/mol. The Labute approximate surface area is 108 Å². The fourth-order valence-corrected chi connectivity index (χ4v) is 2.59. The van der Waals surface area contributed by atoms with Crippen molar-refractivity contribution in [3.63, 3.8) is 0 Å². The summed E-state index contributed by atoms with van der Waals surface area (Å²) in [6.45, 7) is 1.32. The number of ether oxygens (including phenoxy) is 1. The lowest BCUT2D eigenvalue weighted by molar-refractivity contribution is -0.138. The van der Waals surface area contributed by atoms with Crippen LogP contribution in [0, 0.1) is 0 Å². The summed E-state index contributed by atoms with van der Waals surface area (Å²) in [5, 5.41) is 8.73. The highest BCUT2D eigenvalue weighted by atomic mass is 79.9. The molecule has 17 heavy (non-hydrogen) atoms. The summed E-state index contributed by atoms with van der Waals surface area (Å²) in [5.41, 5.74) is 2.23. The molecule has 1 aromatic rings. The average Bonchev–Trinajstić information content (AvgIpc) is 2.63. The quantitative estimate of drug-likeness (QED) is 0.922. The Balaban J connectivity index is 2.18. The van der Waals surface area contributed by atoms with Crippen molar-refractivity contribution in [1.29, 1.82) is 0 Å². The molecule has 0 atom stereocenters. The van der Waals surface area contributed by atoms with E-state index >= 15 is 0 Å². The summed E-state index contributed by atoms with van der Waals surface area (Å²) >= 11 is 3.47. The number of benzene rings is 1. The van der Waals surface area contributed by atoms with Crippen LogP contribution in [0.15, 0.2) is 16.6 Å². The zero-order valence-corrected chi connectivity index (χ0v) is 11.2. The van der Waals surface area contributed by atoms with Gasteiger partial charge in [-0.3, -0.25) is 9.69 Å². The van der Waals surface area contributed by atoms with Gasteiger partial charge in [0.05, 0.1) is 13.2 Å². The van der Waals surface area contributed by atoms with Crippen molar-refractivity contribution in [2.45, 2.75) is 13.0 Å². The van der Waals surface area contributed by atoms with Crippen LogP contribution in [-0.4, -0.2) is 36.2 Å². The molecule has 0 radical (unpaired) electrons. The van der Waals surface area contributed by atoms with Crippen LogP contribution in [0.25, 0.3) is 0 Å². The topological polar surface area (TPSA) is 49.8 Å². The first-order valence-corrected chi connectivity index (χ1v) is 6.20. The first kappa shape index (κ1) is 12.4. The third kappa shape index (κ3) is 2.98. The summed E-state index contributed by atoms with van der Waals surface area (Å²) in [7, 11) is 1.79. The fraction of sp³-hybridized carbons (Fsp3) is 0.417. The van der Waals surface area contributed by atoms with Gasteiger partial charge in [0.1, 0.15) is 5.75 Å². The van der Waals surface area contributed by atoms with Crippen LogP contribution in [0.4, 0.5) is 0 Å². The Bertz CT molecular complexity index is 448. The minimum absolute atomic E-state index is 0.0291. The van der Waals surface area contributed by atoms with Gasteiger partial charge in [0.15, 0.2) is 0 Å². The van der Waals surface area contributed by atoms with Gasteiger partial charge in [0, 0.05) is 23.0 Å². The molecule has 0 spiro atoms. The van der Waals surface area contributed by atoms with Crippen LogP contribution in [0.3, 0.4) is 0 Å². The Morgan fingerprint density at radius 1 is 1.59 bits per heavy atom. The van der Waals surface area contributed by atoms with Gasteiger partial charge in [0.2, 0.25) is 0 Å². The van der Waals surface area contributed by atoms with E-state index in [4.69, 9.17) is 9.84 Å². The fourth-order valence-electron chi connectivity index (χ4n) is 2.04. The van der Waals surface area contributed by atoms with Gasteiger partial charge in [-0.2, -0.15) is 0 Å². The maximum atomic E-state index is 10.6. The van der Waals surface area contributed by atoms with Crippen LogP contribution < -0.4 is 4.74 Å². The van der Waals surface area contributed by atoms with Crippen molar-refractivity contribution in [2.24, 2.45) is 0 Å². The van der Waals surface area contributed by atoms with Crippen LogP contribution in [0.2, 0.25) is 0 Å². The highest BCUT2D eigenvalue weighted by Crippen LogP contribution is 2.33. The van der Waals surface area contributed by atoms with E-state index in [0.29, 0.717) is 13.2 Å². The Morgan fingerprint density at radius 3 is 3.06 bits per heavy atom. The van der Waals surface area contributed by atoms with Gasteiger partial charge in [-0.1, -0.05) is 15.9 Å². The molecule has 0 fully saturated rings. The van der Waals surface area contributed by atoms with E-state index in [9.17, 15) is 4.79 Å². The first-order chi connectivity index (χ1) is 8.06. The summed E-state index contributed by atoms with van der Waals surface area (Å²) in [6.07, 6.45) is 0.921. The van der Waals surface area contributed by atoms with Gasteiger partial charge in [-0.25, -0.2) is 0 Å². The van der Waals surface area contributed by atoms with Gasteiger partial charge in [-0.05, 0) is 24.7 Å². The van der Waals surface area contributed by atoms with Crippen molar-refractivity contribution < 1.29 is 14.6 Å². The number of carboxylic acids is 1. The molecule has 92 valence electrons. The van der Waals surface area contributed by atoms with Crippen molar-refractivity contribution in [3.8, 4) is 5.75 Å². The minimum Gasteiger partial charge on any atom is -0.493 e. The molecule has 0 amide bonds. The van der Waals surface area contributed by atoms with E-state index < -0.39 is 5.97 Å². The molecular weight excluding hydrogens is 286 g/mol. The number of halogens is 1. The molecule has 1 heterocycles. The molecule has 1 N–H and O–H groups in total. The van der Waals surface area contributed by atoms with E-state index in [1.54, 1.807) is 11.9 Å². The number of rotatable bonds is 4. The number of nitrogens with zero attached hydrogens (tertiary/aromatic N) is 1. The van der Waals surface area contributed by atoms with Crippen LogP contribution in [0.5, 0.6) is 5.75 Å². The highest BCUT2D eigenvalue weighted by molar-refractivity contribution is 9.10. The number of aliphatic carboxylic acids is 1. The van der Waals surface area contributed by atoms with E-state index in [0.717, 1.165) is 22.2 Å². The smallest absolute Gasteiger partial charge is 0.317 e. The van der Waals surface area contributed by atoms with Crippen molar-refractivity contribution in [3.05, 3.63) is 27.7 Å². The predicted molar refractivity (Wildman–Crippen MR) is 67.3 cm³/mol. The zero-order chi connectivity index (χ0) is 12.4. The predicted octanol–water partition coefficient (Wildman–Crippen LogP) is 1.90. The van der Waals surface area contributed by atoms with Crippen molar-refractivity contribution in [1.82, 2.24) is 4.90 Å². The normalized spacial score (nSPS) is 13.6. The Kier molecular flexibility index (Phi) is 3.69. The summed E-state index contributed by atoms with van der Waals surface area (Å²) in [4.78, 5) is 12.4. The second kappa shape index (κ2) is 5.06. The van der Waals surface area contributed by atoms with Crippen molar-refractivity contribution >= 4 is 21.9 Å². The maximum Gasteiger partial charge on any atom is 0.317 e. The first-order valence-electron chi connectivity index (χ1n) is 5.40. The van der Waals surface area contributed by atoms with Crippen LogP contribution in [-0.2, 0) is 17.8 Å². The number of fused-ring (bicyclic) bond motifs is 1. The lowest BCUT2D eigenvalue weighted by atomic mass is 10.1. The molecule has 1 aliphatic heterocycles.